The minimum atomic E-state index is -0.126. The smallest absolute Gasteiger partial charge is 0.278 e. The van der Waals surface area contributed by atoms with E-state index in [1.807, 2.05) is 37.3 Å². The number of nitrogens with zero attached hydrogens (tertiary/aromatic N) is 3. The van der Waals surface area contributed by atoms with E-state index in [2.05, 4.69) is 5.10 Å². The third-order valence-corrected chi connectivity index (χ3v) is 4.43. The lowest BCUT2D eigenvalue weighted by Crippen LogP contribution is -2.41. The number of carbonyl (C=O) groups is 1. The molecule has 1 aromatic carbocycles. The molecule has 3 rings (SSSR count). The standard InChI is InChI=1S/C19H25N3O3/c1-2-11-25-17-13-22(16-8-4-3-5-9-16)20-18(17)19(24)21-10-6-7-15(12-21)14-23/h3-5,8-9,13,15,23H,2,6-7,10-12,14H2,1H3. The third kappa shape index (κ3) is 4.02. The number of hydrogen-bond acceptors (Lipinski definition) is 4. The van der Waals surface area contributed by atoms with Gasteiger partial charge in [0.1, 0.15) is 0 Å². The second-order valence-corrected chi connectivity index (χ2v) is 6.41. The van der Waals surface area contributed by atoms with E-state index >= 15 is 0 Å². The first-order valence-electron chi connectivity index (χ1n) is 8.91. The predicted octanol–water partition coefficient (Wildman–Crippen LogP) is 2.51. The van der Waals surface area contributed by atoms with Crippen molar-refractivity contribution >= 4 is 5.91 Å². The van der Waals surface area contributed by atoms with Gasteiger partial charge in [0.15, 0.2) is 11.4 Å². The lowest BCUT2D eigenvalue weighted by molar-refractivity contribution is 0.0610. The number of likely N-dealkylation sites (tertiary alicyclic amines) is 1. The van der Waals surface area contributed by atoms with Crippen LogP contribution in [0.4, 0.5) is 0 Å². The molecule has 6 nitrogen and oxygen atoms in total. The van der Waals surface area contributed by atoms with Crippen molar-refractivity contribution in [3.63, 3.8) is 0 Å². The van der Waals surface area contributed by atoms with Crippen LogP contribution in [0.5, 0.6) is 5.75 Å². The number of para-hydroxylation sites is 1. The van der Waals surface area contributed by atoms with E-state index in [9.17, 15) is 9.90 Å². The highest BCUT2D eigenvalue weighted by atomic mass is 16.5. The number of piperidine rings is 1. The van der Waals surface area contributed by atoms with Gasteiger partial charge in [0.2, 0.25) is 0 Å². The Bertz CT molecular complexity index is 699. The number of benzene rings is 1. The van der Waals surface area contributed by atoms with Crippen LogP contribution in [-0.2, 0) is 0 Å². The normalized spacial score (nSPS) is 17.5. The molecular weight excluding hydrogens is 318 g/mol. The molecule has 1 aliphatic heterocycles. The molecule has 0 aliphatic carbocycles. The van der Waals surface area contributed by atoms with Crippen molar-refractivity contribution in [2.24, 2.45) is 5.92 Å². The van der Waals surface area contributed by atoms with Gasteiger partial charge in [-0.3, -0.25) is 4.79 Å². The number of amides is 1. The summed E-state index contributed by atoms with van der Waals surface area (Å²) in [5.74, 6) is 0.537. The van der Waals surface area contributed by atoms with Gasteiger partial charge in [-0.25, -0.2) is 4.68 Å². The number of rotatable bonds is 6. The van der Waals surface area contributed by atoms with Gasteiger partial charge in [-0.2, -0.15) is 5.10 Å². The molecule has 0 spiro atoms. The van der Waals surface area contributed by atoms with Crippen molar-refractivity contribution in [2.75, 3.05) is 26.3 Å². The summed E-state index contributed by atoms with van der Waals surface area (Å²) in [5.41, 5.74) is 1.23. The maximum atomic E-state index is 13.0. The summed E-state index contributed by atoms with van der Waals surface area (Å²) in [6.45, 7) is 3.95. The summed E-state index contributed by atoms with van der Waals surface area (Å²) < 4.78 is 7.46. The Balaban J connectivity index is 1.87. The molecule has 0 radical (unpaired) electrons. The molecule has 2 aromatic rings. The van der Waals surface area contributed by atoms with E-state index in [0.29, 0.717) is 31.1 Å². The average molecular weight is 343 g/mol. The zero-order valence-electron chi connectivity index (χ0n) is 14.6. The summed E-state index contributed by atoms with van der Waals surface area (Å²) in [4.78, 5) is 14.8. The highest BCUT2D eigenvalue weighted by Crippen LogP contribution is 2.24. The minimum Gasteiger partial charge on any atom is -0.489 e. The van der Waals surface area contributed by atoms with E-state index in [4.69, 9.17) is 4.74 Å². The number of carbonyl (C=O) groups excluding carboxylic acids is 1. The molecule has 0 bridgehead atoms. The molecule has 1 N–H and O–H groups in total. The SMILES string of the molecule is CCCOc1cn(-c2ccccc2)nc1C(=O)N1CCCC(CO)C1. The fourth-order valence-corrected chi connectivity index (χ4v) is 3.09. The van der Waals surface area contributed by atoms with Crippen LogP contribution in [-0.4, -0.2) is 52.0 Å². The Hall–Kier alpha value is -2.34. The number of aliphatic hydroxyl groups excluding tert-OH is 1. The van der Waals surface area contributed by atoms with Crippen molar-refractivity contribution in [2.45, 2.75) is 26.2 Å². The summed E-state index contributed by atoms with van der Waals surface area (Å²) >= 11 is 0. The van der Waals surface area contributed by atoms with Crippen LogP contribution in [0, 0.1) is 5.92 Å². The minimum absolute atomic E-state index is 0.113. The molecule has 6 heteroatoms. The lowest BCUT2D eigenvalue weighted by atomic mass is 9.99. The summed E-state index contributed by atoms with van der Waals surface area (Å²) in [6, 6.07) is 9.68. The molecule has 1 amide bonds. The maximum absolute atomic E-state index is 13.0. The second-order valence-electron chi connectivity index (χ2n) is 6.41. The topological polar surface area (TPSA) is 67.6 Å². The van der Waals surface area contributed by atoms with Crippen LogP contribution < -0.4 is 4.74 Å². The number of hydrogen-bond donors (Lipinski definition) is 1. The van der Waals surface area contributed by atoms with E-state index in [1.54, 1.807) is 15.8 Å². The Labute approximate surface area is 148 Å². The van der Waals surface area contributed by atoms with Gasteiger partial charge in [0, 0.05) is 19.7 Å². The number of ether oxygens (including phenoxy) is 1. The van der Waals surface area contributed by atoms with Gasteiger partial charge < -0.3 is 14.7 Å². The van der Waals surface area contributed by atoms with E-state index in [0.717, 1.165) is 24.9 Å². The molecule has 25 heavy (non-hydrogen) atoms. The quantitative estimate of drug-likeness (QED) is 0.875. The van der Waals surface area contributed by atoms with Gasteiger partial charge in [-0.15, -0.1) is 0 Å². The van der Waals surface area contributed by atoms with Gasteiger partial charge in [-0.05, 0) is 37.3 Å². The first-order valence-corrected chi connectivity index (χ1v) is 8.91. The highest BCUT2D eigenvalue weighted by molar-refractivity contribution is 5.95. The molecule has 0 saturated carbocycles. The summed E-state index contributed by atoms with van der Waals surface area (Å²) in [5, 5.41) is 13.9. The molecule has 2 heterocycles. The first-order chi connectivity index (χ1) is 12.2. The van der Waals surface area contributed by atoms with Gasteiger partial charge in [0.25, 0.3) is 5.91 Å². The molecule has 134 valence electrons. The van der Waals surface area contributed by atoms with E-state index in [-0.39, 0.29) is 18.4 Å². The van der Waals surface area contributed by atoms with Crippen molar-refractivity contribution < 1.29 is 14.6 Å². The molecule has 1 saturated heterocycles. The van der Waals surface area contributed by atoms with Crippen molar-refractivity contribution in [1.82, 2.24) is 14.7 Å². The monoisotopic (exact) mass is 343 g/mol. The average Bonchev–Trinajstić information content (AvgIpc) is 3.10. The van der Waals surface area contributed by atoms with Crippen molar-refractivity contribution in [3.05, 3.63) is 42.2 Å². The van der Waals surface area contributed by atoms with Gasteiger partial charge >= 0.3 is 0 Å². The molecule has 1 aliphatic rings. The van der Waals surface area contributed by atoms with Crippen LogP contribution in [0.3, 0.4) is 0 Å². The largest absolute Gasteiger partial charge is 0.489 e. The van der Waals surface area contributed by atoms with Gasteiger partial charge in [-0.1, -0.05) is 25.1 Å². The zero-order chi connectivity index (χ0) is 17.6. The van der Waals surface area contributed by atoms with Crippen LogP contribution in [0.15, 0.2) is 36.5 Å². The van der Waals surface area contributed by atoms with Crippen molar-refractivity contribution in [1.29, 1.82) is 0 Å². The van der Waals surface area contributed by atoms with E-state index in [1.165, 1.54) is 0 Å². The fourth-order valence-electron chi connectivity index (χ4n) is 3.09. The van der Waals surface area contributed by atoms with Gasteiger partial charge in [0.05, 0.1) is 18.5 Å². The number of aromatic nitrogens is 2. The third-order valence-electron chi connectivity index (χ3n) is 4.43. The Morgan fingerprint density at radius 3 is 2.88 bits per heavy atom. The maximum Gasteiger partial charge on any atom is 0.278 e. The fraction of sp³-hybridized carbons (Fsp3) is 0.474. The molecule has 1 fully saturated rings. The first kappa shape index (κ1) is 17.5. The Morgan fingerprint density at radius 1 is 1.36 bits per heavy atom. The van der Waals surface area contributed by atoms with E-state index < -0.39 is 0 Å². The molecule has 1 unspecified atom stereocenters. The van der Waals surface area contributed by atoms with Crippen LogP contribution in [0.25, 0.3) is 5.69 Å². The Morgan fingerprint density at radius 2 is 2.16 bits per heavy atom. The van der Waals surface area contributed by atoms with Crippen LogP contribution in [0.2, 0.25) is 0 Å². The molecular formula is C19H25N3O3. The second kappa shape index (κ2) is 8.16. The van der Waals surface area contributed by atoms with Crippen LogP contribution >= 0.6 is 0 Å². The molecule has 1 atom stereocenters. The Kier molecular flexibility index (Phi) is 5.71. The predicted molar refractivity (Wildman–Crippen MR) is 95.1 cm³/mol. The van der Waals surface area contributed by atoms with Crippen molar-refractivity contribution in [3.8, 4) is 11.4 Å². The summed E-state index contributed by atoms with van der Waals surface area (Å²) in [6.07, 6.45) is 4.49. The van der Waals surface area contributed by atoms with Crippen LogP contribution in [0.1, 0.15) is 36.7 Å². The highest BCUT2D eigenvalue weighted by Gasteiger charge is 2.28. The molecule has 1 aromatic heterocycles. The summed E-state index contributed by atoms with van der Waals surface area (Å²) in [7, 11) is 0. The number of aliphatic hydroxyl groups is 1. The zero-order valence-corrected chi connectivity index (χ0v) is 14.6. The lowest BCUT2D eigenvalue weighted by Gasteiger charge is -2.31.